The van der Waals surface area contributed by atoms with Gasteiger partial charge in [0.2, 0.25) is 0 Å². The van der Waals surface area contributed by atoms with E-state index in [1.165, 1.54) is 11.3 Å². The molecular formula is C11H9N3O2S. The third-order valence-electron chi connectivity index (χ3n) is 2.68. The highest BCUT2D eigenvalue weighted by Gasteiger charge is 2.15. The molecule has 0 bridgehead atoms. The third-order valence-corrected chi connectivity index (χ3v) is 3.71. The molecule has 0 saturated heterocycles. The number of aromatic nitrogens is 2. The summed E-state index contributed by atoms with van der Waals surface area (Å²) in [4.78, 5) is 15.9. The predicted octanol–water partition coefficient (Wildman–Crippen LogP) is 1.63. The van der Waals surface area contributed by atoms with Crippen LogP contribution in [0.15, 0.2) is 30.6 Å². The lowest BCUT2D eigenvalue weighted by molar-refractivity contribution is -0.138. The minimum absolute atomic E-state index is 0.606. The van der Waals surface area contributed by atoms with Crippen LogP contribution in [-0.4, -0.2) is 20.5 Å². The van der Waals surface area contributed by atoms with Gasteiger partial charge in [-0.25, -0.2) is 4.98 Å². The van der Waals surface area contributed by atoms with Gasteiger partial charge in [-0.1, -0.05) is 17.4 Å². The summed E-state index contributed by atoms with van der Waals surface area (Å²) in [5.41, 5.74) is 7.20. The molecule has 3 N–H and O–H groups in total. The lowest BCUT2D eigenvalue weighted by Crippen LogP contribution is -2.20. The number of hydrogen-bond donors (Lipinski definition) is 2. The molecule has 5 nitrogen and oxygen atoms in total. The number of carboxylic acids is 1. The topological polar surface area (TPSA) is 80.6 Å². The Balaban J connectivity index is 2.22. The van der Waals surface area contributed by atoms with Gasteiger partial charge in [-0.3, -0.25) is 9.20 Å². The van der Waals surface area contributed by atoms with Gasteiger partial charge in [-0.05, 0) is 17.7 Å². The average molecular weight is 247 g/mol. The Bertz CT molecular complexity index is 716. The lowest BCUT2D eigenvalue weighted by atomic mass is 10.1. The minimum Gasteiger partial charge on any atom is -0.480 e. The molecule has 2 aromatic heterocycles. The molecule has 1 atom stereocenters. The summed E-state index contributed by atoms with van der Waals surface area (Å²) in [6.45, 7) is 0. The molecule has 6 heteroatoms. The average Bonchev–Trinajstić information content (AvgIpc) is 2.86. The van der Waals surface area contributed by atoms with Gasteiger partial charge >= 0.3 is 5.97 Å². The summed E-state index contributed by atoms with van der Waals surface area (Å²) in [6, 6.07) is 4.45. The summed E-state index contributed by atoms with van der Waals surface area (Å²) in [6.07, 6.45) is 3.62. The number of nitrogens with two attached hydrogens (primary N) is 1. The Labute approximate surface area is 100 Å². The summed E-state index contributed by atoms with van der Waals surface area (Å²) in [5, 5.41) is 8.87. The number of thiazole rings is 1. The minimum atomic E-state index is -1.02. The van der Waals surface area contributed by atoms with Crippen molar-refractivity contribution >= 4 is 32.5 Å². The van der Waals surface area contributed by atoms with Gasteiger partial charge in [0.1, 0.15) is 6.04 Å². The Hall–Kier alpha value is -1.92. The first-order valence-corrected chi connectivity index (χ1v) is 5.82. The summed E-state index contributed by atoms with van der Waals surface area (Å²) in [5.74, 6) is -1.02. The zero-order valence-electron chi connectivity index (χ0n) is 8.70. The fourth-order valence-electron chi connectivity index (χ4n) is 1.79. The number of carboxylic acid groups (broad SMARTS) is 1. The predicted molar refractivity (Wildman–Crippen MR) is 65.1 cm³/mol. The molecule has 0 aliphatic rings. The Morgan fingerprint density at radius 3 is 3.12 bits per heavy atom. The van der Waals surface area contributed by atoms with E-state index >= 15 is 0 Å². The van der Waals surface area contributed by atoms with Gasteiger partial charge in [0, 0.05) is 12.4 Å². The molecular weight excluding hydrogens is 238 g/mol. The normalized spacial score (nSPS) is 13.2. The number of rotatable bonds is 2. The van der Waals surface area contributed by atoms with Crippen molar-refractivity contribution in [1.29, 1.82) is 0 Å². The molecule has 0 radical (unpaired) electrons. The van der Waals surface area contributed by atoms with Crippen LogP contribution in [0, 0.1) is 0 Å². The molecule has 0 aliphatic carbocycles. The fourth-order valence-corrected chi connectivity index (χ4v) is 2.83. The van der Waals surface area contributed by atoms with E-state index in [2.05, 4.69) is 4.98 Å². The van der Waals surface area contributed by atoms with Crippen LogP contribution in [-0.2, 0) is 4.79 Å². The maximum atomic E-state index is 10.8. The van der Waals surface area contributed by atoms with Crippen LogP contribution in [0.4, 0.5) is 0 Å². The van der Waals surface area contributed by atoms with Crippen molar-refractivity contribution in [3.63, 3.8) is 0 Å². The Morgan fingerprint density at radius 1 is 1.53 bits per heavy atom. The zero-order chi connectivity index (χ0) is 12.0. The molecule has 17 heavy (non-hydrogen) atoms. The van der Waals surface area contributed by atoms with Gasteiger partial charge in [-0.15, -0.1) is 0 Å². The van der Waals surface area contributed by atoms with E-state index in [1.807, 2.05) is 22.7 Å². The molecule has 3 aromatic rings. The maximum absolute atomic E-state index is 10.8. The number of nitrogens with zero attached hydrogens (tertiary/aromatic N) is 2. The second kappa shape index (κ2) is 3.54. The molecule has 1 unspecified atom stereocenters. The van der Waals surface area contributed by atoms with Gasteiger partial charge in [-0.2, -0.15) is 0 Å². The number of hydrogen-bond acceptors (Lipinski definition) is 4. The van der Waals surface area contributed by atoms with E-state index in [0.717, 1.165) is 15.2 Å². The second-order valence-corrected chi connectivity index (χ2v) is 4.73. The molecule has 0 spiro atoms. The van der Waals surface area contributed by atoms with Crippen LogP contribution < -0.4 is 5.73 Å². The number of benzene rings is 1. The largest absolute Gasteiger partial charge is 0.480 e. The van der Waals surface area contributed by atoms with E-state index in [4.69, 9.17) is 10.8 Å². The van der Waals surface area contributed by atoms with Crippen LogP contribution >= 0.6 is 11.3 Å². The molecule has 0 saturated carbocycles. The van der Waals surface area contributed by atoms with Crippen LogP contribution in [0.3, 0.4) is 0 Å². The molecule has 2 heterocycles. The van der Waals surface area contributed by atoms with Crippen molar-refractivity contribution in [1.82, 2.24) is 9.38 Å². The third kappa shape index (κ3) is 1.49. The number of carbonyl (C=O) groups is 1. The Kier molecular flexibility index (Phi) is 2.13. The van der Waals surface area contributed by atoms with Crippen molar-refractivity contribution in [3.05, 3.63) is 36.2 Å². The van der Waals surface area contributed by atoms with E-state index < -0.39 is 12.0 Å². The number of aliphatic carboxylic acids is 1. The molecule has 0 fully saturated rings. The summed E-state index contributed by atoms with van der Waals surface area (Å²) >= 11 is 1.51. The van der Waals surface area contributed by atoms with E-state index in [1.54, 1.807) is 12.3 Å². The van der Waals surface area contributed by atoms with Crippen LogP contribution in [0.5, 0.6) is 0 Å². The standard InChI is InChI=1S/C11H9N3O2S/c12-9(10(15)16)6-1-2-7-8(5-6)17-11-13-3-4-14(7)11/h1-5,9H,12H2,(H,15,16). The van der Waals surface area contributed by atoms with Crippen molar-refractivity contribution in [2.24, 2.45) is 5.73 Å². The van der Waals surface area contributed by atoms with E-state index in [9.17, 15) is 4.79 Å². The van der Waals surface area contributed by atoms with Gasteiger partial charge in [0.05, 0.1) is 10.2 Å². The van der Waals surface area contributed by atoms with Gasteiger partial charge in [0.15, 0.2) is 4.96 Å². The lowest BCUT2D eigenvalue weighted by Gasteiger charge is -2.05. The van der Waals surface area contributed by atoms with Crippen molar-refractivity contribution in [3.8, 4) is 0 Å². The highest BCUT2D eigenvalue weighted by Crippen LogP contribution is 2.27. The molecule has 86 valence electrons. The monoisotopic (exact) mass is 247 g/mol. The van der Waals surface area contributed by atoms with Crippen LogP contribution in [0.25, 0.3) is 15.2 Å². The first-order chi connectivity index (χ1) is 8.16. The number of imidazole rings is 1. The SMILES string of the molecule is NC(C(=O)O)c1ccc2c(c1)sc1nccn12. The quantitative estimate of drug-likeness (QED) is 0.721. The fraction of sp³-hybridized carbons (Fsp3) is 0.0909. The zero-order valence-corrected chi connectivity index (χ0v) is 9.52. The molecule has 0 amide bonds. The van der Waals surface area contributed by atoms with E-state index in [0.29, 0.717) is 5.56 Å². The second-order valence-electron chi connectivity index (χ2n) is 3.72. The van der Waals surface area contributed by atoms with Crippen LogP contribution in [0.2, 0.25) is 0 Å². The summed E-state index contributed by atoms with van der Waals surface area (Å²) in [7, 11) is 0. The number of fused-ring (bicyclic) bond motifs is 3. The summed E-state index contributed by atoms with van der Waals surface area (Å²) < 4.78 is 2.96. The van der Waals surface area contributed by atoms with Crippen molar-refractivity contribution in [2.75, 3.05) is 0 Å². The highest BCUT2D eigenvalue weighted by molar-refractivity contribution is 7.23. The maximum Gasteiger partial charge on any atom is 0.325 e. The molecule has 1 aromatic carbocycles. The van der Waals surface area contributed by atoms with Crippen molar-refractivity contribution < 1.29 is 9.90 Å². The van der Waals surface area contributed by atoms with E-state index in [-0.39, 0.29) is 0 Å². The Morgan fingerprint density at radius 2 is 2.35 bits per heavy atom. The molecule has 3 rings (SSSR count). The molecule has 0 aliphatic heterocycles. The van der Waals surface area contributed by atoms with Crippen molar-refractivity contribution in [2.45, 2.75) is 6.04 Å². The van der Waals surface area contributed by atoms with Gasteiger partial charge in [0.25, 0.3) is 0 Å². The smallest absolute Gasteiger partial charge is 0.325 e. The highest BCUT2D eigenvalue weighted by atomic mass is 32.1. The van der Waals surface area contributed by atoms with Gasteiger partial charge < -0.3 is 10.8 Å². The first kappa shape index (κ1) is 10.2. The van der Waals surface area contributed by atoms with Crippen LogP contribution in [0.1, 0.15) is 11.6 Å². The first-order valence-electron chi connectivity index (χ1n) is 5.01.